The normalized spacial score (nSPS) is 14.2. The highest BCUT2D eigenvalue weighted by Crippen LogP contribution is 2.38. The fourth-order valence-corrected chi connectivity index (χ4v) is 1.89. The number of hydroxylamine groups is 2. The van der Waals surface area contributed by atoms with Crippen LogP contribution in [0.4, 0.5) is 0 Å². The van der Waals surface area contributed by atoms with E-state index in [1.807, 2.05) is 0 Å². The lowest BCUT2D eigenvalue weighted by molar-refractivity contribution is -0.443. The molecule has 7 heteroatoms. The first-order chi connectivity index (χ1) is 8.67. The van der Waals surface area contributed by atoms with E-state index < -0.39 is 23.8 Å². The monoisotopic (exact) mass is 281 g/mol. The van der Waals surface area contributed by atoms with Gasteiger partial charge < -0.3 is 25.5 Å². The zero-order chi connectivity index (χ0) is 15.3. The van der Waals surface area contributed by atoms with E-state index in [1.54, 1.807) is 13.8 Å². The number of aliphatic hydroxyl groups excluding tert-OH is 1. The molecule has 0 rings (SSSR count). The summed E-state index contributed by atoms with van der Waals surface area (Å²) in [5.74, 6) is -5.19. The lowest BCUT2D eigenvalue weighted by Crippen LogP contribution is -2.72. The second kappa shape index (κ2) is 6.94. The van der Waals surface area contributed by atoms with Crippen molar-refractivity contribution in [3.05, 3.63) is 0 Å². The summed E-state index contributed by atoms with van der Waals surface area (Å²) in [6.45, 7) is 6.23. The Labute approximate surface area is 114 Å². The molecule has 0 aliphatic heterocycles. The molecule has 116 valence electrons. The van der Waals surface area contributed by atoms with Gasteiger partial charge in [0.05, 0.1) is 6.61 Å². The Morgan fingerprint density at radius 3 is 1.42 bits per heavy atom. The Kier molecular flexibility index (Phi) is 6.84. The first-order valence-corrected chi connectivity index (χ1v) is 6.62. The molecule has 5 N–H and O–H groups in total. The van der Waals surface area contributed by atoms with Gasteiger partial charge in [-0.2, -0.15) is 5.06 Å². The second-order valence-corrected chi connectivity index (χ2v) is 4.53. The smallest absolute Gasteiger partial charge is 0.218 e. The lowest BCUT2D eigenvalue weighted by Gasteiger charge is -2.49. The number of hydrogen-bond donors (Lipinski definition) is 5. The molecule has 7 nitrogen and oxygen atoms in total. The summed E-state index contributed by atoms with van der Waals surface area (Å²) in [6.07, 6.45) is -0.477. The number of hydrogen-bond acceptors (Lipinski definition) is 7. The van der Waals surface area contributed by atoms with Crippen molar-refractivity contribution in [2.24, 2.45) is 0 Å². The van der Waals surface area contributed by atoms with Crippen LogP contribution < -0.4 is 0 Å². The summed E-state index contributed by atoms with van der Waals surface area (Å²) in [4.78, 5) is 5.38. The minimum Gasteiger partial charge on any atom is -0.393 e. The molecule has 0 bridgehead atoms. The van der Waals surface area contributed by atoms with E-state index in [2.05, 4.69) is 0 Å². The largest absolute Gasteiger partial charge is 0.393 e. The predicted molar refractivity (Wildman–Crippen MR) is 68.7 cm³/mol. The van der Waals surface area contributed by atoms with Crippen LogP contribution in [-0.4, -0.2) is 67.5 Å². The number of nitrogens with zero attached hydrogens (tertiary/aromatic N) is 1. The van der Waals surface area contributed by atoms with Crippen molar-refractivity contribution in [2.45, 2.75) is 57.7 Å². The third-order valence-corrected chi connectivity index (χ3v) is 3.49. The molecular formula is C12H27NO6. The molecular weight excluding hydrogens is 254 g/mol. The first kappa shape index (κ1) is 18.7. The van der Waals surface area contributed by atoms with E-state index in [-0.39, 0.29) is 12.8 Å². The van der Waals surface area contributed by atoms with Crippen molar-refractivity contribution in [3.8, 4) is 0 Å². The Morgan fingerprint density at radius 1 is 0.842 bits per heavy atom. The highest BCUT2D eigenvalue weighted by atomic mass is 16.7. The van der Waals surface area contributed by atoms with Gasteiger partial charge in [0, 0.05) is 25.9 Å². The van der Waals surface area contributed by atoms with Gasteiger partial charge in [-0.15, -0.1) is 0 Å². The fraction of sp³-hybridized carbons (Fsp3) is 1.00. The average molecular weight is 281 g/mol. The molecule has 0 aliphatic carbocycles. The van der Waals surface area contributed by atoms with Crippen molar-refractivity contribution in [1.29, 1.82) is 0 Å². The molecule has 0 fully saturated rings. The van der Waals surface area contributed by atoms with E-state index in [1.165, 1.54) is 18.9 Å². The van der Waals surface area contributed by atoms with Gasteiger partial charge in [-0.05, 0) is 0 Å². The van der Waals surface area contributed by atoms with Crippen molar-refractivity contribution in [1.82, 2.24) is 5.06 Å². The van der Waals surface area contributed by atoms with Crippen molar-refractivity contribution in [3.63, 3.8) is 0 Å². The Balaban J connectivity index is 5.68. The number of rotatable bonds is 9. The van der Waals surface area contributed by atoms with E-state index in [9.17, 15) is 25.5 Å². The molecule has 0 radical (unpaired) electrons. The fourth-order valence-electron chi connectivity index (χ4n) is 1.89. The predicted octanol–water partition coefficient (Wildman–Crippen LogP) is -0.827. The molecule has 0 aromatic heterocycles. The summed E-state index contributed by atoms with van der Waals surface area (Å²) in [7, 11) is 0. The van der Waals surface area contributed by atoms with Crippen LogP contribution in [0.15, 0.2) is 0 Å². The topological polar surface area (TPSA) is 114 Å². The summed E-state index contributed by atoms with van der Waals surface area (Å²) in [5.41, 5.74) is -2.34. The molecule has 0 atom stereocenters. The molecule has 19 heavy (non-hydrogen) atoms. The van der Waals surface area contributed by atoms with Crippen LogP contribution in [0, 0.1) is 0 Å². The van der Waals surface area contributed by atoms with Crippen LogP contribution in [0.3, 0.4) is 0 Å². The summed E-state index contributed by atoms with van der Waals surface area (Å²) >= 11 is 0. The van der Waals surface area contributed by atoms with E-state index in [0.717, 1.165) is 0 Å². The SMILES string of the molecule is CCN(CC)OC(CO)(C(O)(O)CC)C(O)(O)CC. The molecule has 0 saturated heterocycles. The van der Waals surface area contributed by atoms with Gasteiger partial charge in [-0.25, -0.2) is 0 Å². The average Bonchev–Trinajstić information content (AvgIpc) is 2.39. The Bertz CT molecular complexity index is 249. The van der Waals surface area contributed by atoms with Gasteiger partial charge >= 0.3 is 0 Å². The summed E-state index contributed by atoms with van der Waals surface area (Å²) < 4.78 is 0. The van der Waals surface area contributed by atoms with Crippen molar-refractivity contribution in [2.75, 3.05) is 19.7 Å². The maximum absolute atomic E-state index is 10.1. The van der Waals surface area contributed by atoms with Crippen LogP contribution in [0.5, 0.6) is 0 Å². The quantitative estimate of drug-likeness (QED) is 0.277. The minimum atomic E-state index is -2.59. The van der Waals surface area contributed by atoms with E-state index >= 15 is 0 Å². The Morgan fingerprint density at radius 2 is 1.21 bits per heavy atom. The maximum Gasteiger partial charge on any atom is 0.218 e. The van der Waals surface area contributed by atoms with Gasteiger partial charge in [-0.3, -0.25) is 4.84 Å². The van der Waals surface area contributed by atoms with Crippen LogP contribution in [0.2, 0.25) is 0 Å². The standard InChI is InChI=1S/C12H27NO6/c1-5-11(15,16)10(9-14,12(17,18)6-2)19-13(7-3)8-4/h14-18H,5-9H2,1-4H3. The summed E-state index contributed by atoms with van der Waals surface area (Å²) in [6, 6.07) is 0. The van der Waals surface area contributed by atoms with Gasteiger partial charge in [0.2, 0.25) is 17.2 Å². The molecule has 0 heterocycles. The zero-order valence-electron chi connectivity index (χ0n) is 12.1. The van der Waals surface area contributed by atoms with Crippen LogP contribution in [0.25, 0.3) is 0 Å². The van der Waals surface area contributed by atoms with Crippen LogP contribution in [-0.2, 0) is 4.84 Å². The lowest BCUT2D eigenvalue weighted by atomic mass is 9.81. The van der Waals surface area contributed by atoms with Crippen molar-refractivity contribution >= 4 is 0 Å². The maximum atomic E-state index is 10.1. The highest BCUT2D eigenvalue weighted by molar-refractivity contribution is 5.02. The van der Waals surface area contributed by atoms with Gasteiger partial charge in [0.25, 0.3) is 0 Å². The molecule has 0 unspecified atom stereocenters. The highest BCUT2D eigenvalue weighted by Gasteiger charge is 2.63. The van der Waals surface area contributed by atoms with Crippen LogP contribution >= 0.6 is 0 Å². The first-order valence-electron chi connectivity index (χ1n) is 6.62. The molecule has 0 saturated carbocycles. The minimum absolute atomic E-state index is 0.238. The van der Waals surface area contributed by atoms with Crippen LogP contribution in [0.1, 0.15) is 40.5 Å². The van der Waals surface area contributed by atoms with Gasteiger partial charge in [0.15, 0.2) is 0 Å². The summed E-state index contributed by atoms with van der Waals surface area (Å²) in [5, 5.41) is 51.1. The van der Waals surface area contributed by atoms with E-state index in [4.69, 9.17) is 4.84 Å². The van der Waals surface area contributed by atoms with Crippen molar-refractivity contribution < 1.29 is 30.4 Å². The third kappa shape index (κ3) is 3.43. The molecule has 0 aliphatic rings. The van der Waals surface area contributed by atoms with Gasteiger partial charge in [-0.1, -0.05) is 27.7 Å². The van der Waals surface area contributed by atoms with E-state index in [0.29, 0.717) is 13.1 Å². The van der Waals surface area contributed by atoms with Gasteiger partial charge in [0.1, 0.15) is 0 Å². The molecule has 0 amide bonds. The zero-order valence-corrected chi connectivity index (χ0v) is 12.1. The molecule has 0 spiro atoms. The second-order valence-electron chi connectivity index (χ2n) is 4.53. The number of aliphatic hydroxyl groups is 5. The Hall–Kier alpha value is -0.280. The molecule has 0 aromatic rings. The molecule has 0 aromatic carbocycles. The third-order valence-electron chi connectivity index (χ3n) is 3.49.